The van der Waals surface area contributed by atoms with Crippen LogP contribution in [0.15, 0.2) is 30.5 Å². The maximum absolute atomic E-state index is 12.9. The van der Waals surface area contributed by atoms with Gasteiger partial charge in [0.1, 0.15) is 18.2 Å². The molecule has 0 radical (unpaired) electrons. The van der Waals surface area contributed by atoms with E-state index in [0.717, 1.165) is 5.69 Å². The summed E-state index contributed by atoms with van der Waals surface area (Å²) < 4.78 is 20.3. The topological polar surface area (TPSA) is 53.1 Å². The zero-order chi connectivity index (χ0) is 13.1. The van der Waals surface area contributed by atoms with Crippen LogP contribution < -0.4 is 10.5 Å². The van der Waals surface area contributed by atoms with Gasteiger partial charge in [0.25, 0.3) is 0 Å². The van der Waals surface area contributed by atoms with Crippen LogP contribution in [0.5, 0.6) is 5.75 Å². The Balaban J connectivity index is 2.04. The van der Waals surface area contributed by atoms with Crippen molar-refractivity contribution in [1.29, 1.82) is 0 Å². The van der Waals surface area contributed by atoms with Gasteiger partial charge in [0, 0.05) is 18.3 Å². The summed E-state index contributed by atoms with van der Waals surface area (Å²) in [7, 11) is 0. The second kappa shape index (κ2) is 5.08. The Labute approximate surface area is 105 Å². The molecule has 2 N–H and O–H groups in total. The fourth-order valence-electron chi connectivity index (χ4n) is 1.66. The molecule has 4 nitrogen and oxygen atoms in total. The average Bonchev–Trinajstić information content (AvgIpc) is 2.68. The van der Waals surface area contributed by atoms with Crippen LogP contribution in [0, 0.1) is 5.82 Å². The summed E-state index contributed by atoms with van der Waals surface area (Å²) in [6, 6.07) is 6.26. The van der Waals surface area contributed by atoms with Crippen molar-refractivity contribution in [1.82, 2.24) is 9.55 Å². The van der Waals surface area contributed by atoms with Crippen LogP contribution in [0.4, 0.5) is 10.3 Å². The molecule has 0 saturated carbocycles. The number of anilines is 1. The molecule has 1 heterocycles. The summed E-state index contributed by atoms with van der Waals surface area (Å²) in [4.78, 5) is 4.19. The van der Waals surface area contributed by atoms with Crippen LogP contribution in [-0.2, 0) is 6.61 Å². The monoisotopic (exact) mass is 249 g/mol. The number of ether oxygens (including phenoxy) is 1. The Hall–Kier alpha value is -2.04. The van der Waals surface area contributed by atoms with Crippen molar-refractivity contribution >= 4 is 5.95 Å². The number of hydrogen-bond donors (Lipinski definition) is 1. The summed E-state index contributed by atoms with van der Waals surface area (Å²) in [6.45, 7) is 4.32. The van der Waals surface area contributed by atoms with Gasteiger partial charge in [0.15, 0.2) is 0 Å². The molecule has 0 atom stereocenters. The second-order valence-electron chi connectivity index (χ2n) is 4.34. The van der Waals surface area contributed by atoms with E-state index < -0.39 is 0 Å². The Kier molecular flexibility index (Phi) is 3.50. The lowest BCUT2D eigenvalue weighted by molar-refractivity contribution is 0.300. The van der Waals surface area contributed by atoms with Gasteiger partial charge in [-0.3, -0.25) is 0 Å². The number of rotatable bonds is 4. The Morgan fingerprint density at radius 3 is 2.83 bits per heavy atom. The van der Waals surface area contributed by atoms with E-state index in [-0.39, 0.29) is 18.5 Å². The first-order valence-corrected chi connectivity index (χ1v) is 5.78. The van der Waals surface area contributed by atoms with Crippen molar-refractivity contribution in [3.63, 3.8) is 0 Å². The first-order valence-electron chi connectivity index (χ1n) is 5.78. The van der Waals surface area contributed by atoms with Gasteiger partial charge in [-0.2, -0.15) is 0 Å². The fraction of sp³-hybridized carbons (Fsp3) is 0.308. The Morgan fingerprint density at radius 1 is 1.44 bits per heavy atom. The quantitative estimate of drug-likeness (QED) is 0.906. The predicted octanol–water partition coefficient (Wildman–Crippen LogP) is 2.76. The molecule has 0 fully saturated rings. The largest absolute Gasteiger partial charge is 0.487 e. The van der Waals surface area contributed by atoms with Gasteiger partial charge in [-0.1, -0.05) is 6.07 Å². The first kappa shape index (κ1) is 12.4. The van der Waals surface area contributed by atoms with E-state index in [4.69, 9.17) is 10.5 Å². The molecule has 0 unspecified atom stereocenters. The van der Waals surface area contributed by atoms with Gasteiger partial charge >= 0.3 is 0 Å². The zero-order valence-corrected chi connectivity index (χ0v) is 10.4. The minimum atomic E-state index is -0.320. The highest BCUT2D eigenvalue weighted by molar-refractivity contribution is 5.25. The molecule has 0 saturated heterocycles. The number of halogens is 1. The third-order valence-electron chi connectivity index (χ3n) is 2.55. The molecule has 5 heteroatoms. The number of benzene rings is 1. The normalized spacial score (nSPS) is 10.9. The van der Waals surface area contributed by atoms with E-state index in [1.54, 1.807) is 12.1 Å². The lowest BCUT2D eigenvalue weighted by Crippen LogP contribution is -2.03. The second-order valence-corrected chi connectivity index (χ2v) is 4.34. The summed E-state index contributed by atoms with van der Waals surface area (Å²) in [6.07, 6.45) is 1.85. The van der Waals surface area contributed by atoms with Crippen molar-refractivity contribution in [2.75, 3.05) is 5.73 Å². The molecule has 96 valence electrons. The molecule has 0 aliphatic rings. The number of imidazole rings is 1. The molecule has 0 aliphatic carbocycles. The maximum Gasteiger partial charge on any atom is 0.200 e. The molecular weight excluding hydrogens is 233 g/mol. The lowest BCUT2D eigenvalue weighted by atomic mass is 10.3. The fourth-order valence-corrected chi connectivity index (χ4v) is 1.66. The van der Waals surface area contributed by atoms with Crippen LogP contribution in [0.25, 0.3) is 0 Å². The summed E-state index contributed by atoms with van der Waals surface area (Å²) in [5, 5.41) is 0. The summed E-state index contributed by atoms with van der Waals surface area (Å²) in [5.41, 5.74) is 6.50. The molecule has 0 bridgehead atoms. The van der Waals surface area contributed by atoms with Crippen LogP contribution in [0.3, 0.4) is 0 Å². The maximum atomic E-state index is 12.9. The number of aromatic nitrogens is 2. The average molecular weight is 249 g/mol. The van der Waals surface area contributed by atoms with E-state index in [2.05, 4.69) is 4.98 Å². The van der Waals surface area contributed by atoms with E-state index in [1.807, 2.05) is 24.6 Å². The van der Waals surface area contributed by atoms with E-state index >= 15 is 0 Å². The van der Waals surface area contributed by atoms with Crippen molar-refractivity contribution in [3.05, 3.63) is 42.0 Å². The van der Waals surface area contributed by atoms with Crippen LogP contribution >= 0.6 is 0 Å². The molecular formula is C13H16FN3O. The Bertz CT molecular complexity index is 537. The van der Waals surface area contributed by atoms with Gasteiger partial charge in [-0.15, -0.1) is 0 Å². The molecule has 0 amide bonds. The SMILES string of the molecule is CC(C)n1cc(COc2cccc(F)c2)nc1N. The van der Waals surface area contributed by atoms with Crippen LogP contribution in [-0.4, -0.2) is 9.55 Å². The molecule has 2 aromatic rings. The molecule has 2 rings (SSSR count). The highest BCUT2D eigenvalue weighted by Crippen LogP contribution is 2.16. The molecule has 0 aliphatic heterocycles. The molecule has 18 heavy (non-hydrogen) atoms. The number of nitrogen functional groups attached to an aromatic ring is 1. The predicted molar refractivity (Wildman–Crippen MR) is 67.8 cm³/mol. The highest BCUT2D eigenvalue weighted by Gasteiger charge is 2.08. The summed E-state index contributed by atoms with van der Waals surface area (Å²) in [5.74, 6) is 0.621. The van der Waals surface area contributed by atoms with Gasteiger partial charge in [0.05, 0.1) is 5.69 Å². The number of nitrogens with two attached hydrogens (primary N) is 1. The van der Waals surface area contributed by atoms with Gasteiger partial charge < -0.3 is 15.0 Å². The third-order valence-corrected chi connectivity index (χ3v) is 2.55. The van der Waals surface area contributed by atoms with Crippen molar-refractivity contribution < 1.29 is 9.13 Å². The first-order chi connectivity index (χ1) is 8.56. The Morgan fingerprint density at radius 2 is 2.22 bits per heavy atom. The van der Waals surface area contributed by atoms with E-state index in [1.165, 1.54) is 12.1 Å². The van der Waals surface area contributed by atoms with Crippen LogP contribution in [0.2, 0.25) is 0 Å². The van der Waals surface area contributed by atoms with E-state index in [0.29, 0.717) is 11.7 Å². The minimum absolute atomic E-state index is 0.250. The standard InChI is InChI=1S/C13H16FN3O/c1-9(2)17-7-11(16-13(17)15)8-18-12-5-3-4-10(14)6-12/h3-7,9H,8H2,1-2H3,(H2,15,16). The molecule has 1 aromatic heterocycles. The van der Waals surface area contributed by atoms with E-state index in [9.17, 15) is 4.39 Å². The minimum Gasteiger partial charge on any atom is -0.487 e. The number of hydrogen-bond acceptors (Lipinski definition) is 3. The smallest absolute Gasteiger partial charge is 0.200 e. The van der Waals surface area contributed by atoms with Crippen molar-refractivity contribution in [2.24, 2.45) is 0 Å². The van der Waals surface area contributed by atoms with Crippen LogP contribution in [0.1, 0.15) is 25.6 Å². The third kappa shape index (κ3) is 2.80. The highest BCUT2D eigenvalue weighted by atomic mass is 19.1. The van der Waals surface area contributed by atoms with Crippen molar-refractivity contribution in [2.45, 2.75) is 26.5 Å². The van der Waals surface area contributed by atoms with Crippen molar-refractivity contribution in [3.8, 4) is 5.75 Å². The lowest BCUT2D eigenvalue weighted by Gasteiger charge is -2.07. The number of nitrogens with zero attached hydrogens (tertiary/aromatic N) is 2. The molecule has 1 aromatic carbocycles. The van der Waals surface area contributed by atoms with Gasteiger partial charge in [-0.25, -0.2) is 9.37 Å². The summed E-state index contributed by atoms with van der Waals surface area (Å²) >= 11 is 0. The van der Waals surface area contributed by atoms with Gasteiger partial charge in [-0.05, 0) is 26.0 Å². The van der Waals surface area contributed by atoms with Gasteiger partial charge in [0.2, 0.25) is 5.95 Å². The zero-order valence-electron chi connectivity index (χ0n) is 10.4. The molecule has 0 spiro atoms.